The fourth-order valence-electron chi connectivity index (χ4n) is 3.09. The van der Waals surface area contributed by atoms with Crippen molar-refractivity contribution in [2.24, 2.45) is 5.92 Å². The molecule has 8 nitrogen and oxygen atoms in total. The molecule has 144 valence electrons. The molecule has 27 heavy (non-hydrogen) atoms. The number of aliphatic carboxylic acids is 1. The molecule has 0 saturated heterocycles. The van der Waals surface area contributed by atoms with Crippen LogP contribution in [-0.2, 0) is 11.3 Å². The van der Waals surface area contributed by atoms with E-state index in [1.807, 2.05) is 13.8 Å². The average molecular weight is 373 g/mol. The van der Waals surface area contributed by atoms with E-state index in [1.54, 1.807) is 23.6 Å². The SMILES string of the molecule is CC[C@@H](C)[C@H](NC(=O)c1cn(CC)c2cc3c(cc2c1=O)OCO3)C(=O)[O-]. The molecule has 1 amide bonds. The van der Waals surface area contributed by atoms with Gasteiger partial charge in [0.25, 0.3) is 5.91 Å². The Labute approximate surface area is 155 Å². The van der Waals surface area contributed by atoms with Crippen LogP contribution in [0, 0.1) is 5.92 Å². The number of benzene rings is 1. The summed E-state index contributed by atoms with van der Waals surface area (Å²) < 4.78 is 12.4. The van der Waals surface area contributed by atoms with Crippen LogP contribution >= 0.6 is 0 Å². The van der Waals surface area contributed by atoms with Gasteiger partial charge in [-0.25, -0.2) is 0 Å². The summed E-state index contributed by atoms with van der Waals surface area (Å²) in [6.45, 7) is 5.97. The number of carboxylic acids is 1. The summed E-state index contributed by atoms with van der Waals surface area (Å²) in [7, 11) is 0. The van der Waals surface area contributed by atoms with Crippen molar-refractivity contribution in [3.8, 4) is 11.5 Å². The third-order valence-electron chi connectivity index (χ3n) is 4.91. The van der Waals surface area contributed by atoms with Crippen LogP contribution in [0.4, 0.5) is 0 Å². The van der Waals surface area contributed by atoms with Crippen LogP contribution in [0.3, 0.4) is 0 Å². The minimum absolute atomic E-state index is 0.0709. The minimum Gasteiger partial charge on any atom is -0.548 e. The summed E-state index contributed by atoms with van der Waals surface area (Å²) >= 11 is 0. The zero-order valence-corrected chi connectivity index (χ0v) is 15.4. The highest BCUT2D eigenvalue weighted by Gasteiger charge is 2.24. The highest BCUT2D eigenvalue weighted by Crippen LogP contribution is 2.35. The van der Waals surface area contributed by atoms with Crippen LogP contribution in [0.25, 0.3) is 10.9 Å². The van der Waals surface area contributed by atoms with E-state index in [4.69, 9.17) is 9.47 Å². The van der Waals surface area contributed by atoms with Crippen LogP contribution < -0.4 is 25.3 Å². The van der Waals surface area contributed by atoms with Gasteiger partial charge >= 0.3 is 0 Å². The number of hydrogen-bond donors (Lipinski definition) is 1. The number of rotatable bonds is 6. The zero-order chi connectivity index (χ0) is 19.7. The Balaban J connectivity index is 2.07. The molecule has 0 radical (unpaired) electrons. The summed E-state index contributed by atoms with van der Waals surface area (Å²) in [5.41, 5.74) is -0.00815. The zero-order valence-electron chi connectivity index (χ0n) is 15.4. The maximum absolute atomic E-state index is 12.9. The first-order valence-corrected chi connectivity index (χ1v) is 8.85. The van der Waals surface area contributed by atoms with Gasteiger partial charge < -0.3 is 29.3 Å². The number of pyridine rings is 1. The molecule has 8 heteroatoms. The van der Waals surface area contributed by atoms with E-state index in [1.165, 1.54) is 6.20 Å². The Morgan fingerprint density at radius 3 is 2.52 bits per heavy atom. The van der Waals surface area contributed by atoms with Gasteiger partial charge in [0.15, 0.2) is 11.5 Å². The molecule has 1 aromatic carbocycles. The second-order valence-electron chi connectivity index (χ2n) is 6.54. The number of aromatic nitrogens is 1. The largest absolute Gasteiger partial charge is 0.548 e. The quantitative estimate of drug-likeness (QED) is 0.796. The third kappa shape index (κ3) is 3.34. The molecule has 1 N–H and O–H groups in total. The normalized spacial score (nSPS) is 14.8. The van der Waals surface area contributed by atoms with Crippen LogP contribution in [-0.4, -0.2) is 29.3 Å². The molecular formula is C19H21N2O6-. The Kier molecular flexibility index (Phi) is 5.07. The molecule has 0 fully saturated rings. The predicted octanol–water partition coefficient (Wildman–Crippen LogP) is 0.644. The van der Waals surface area contributed by atoms with Gasteiger partial charge in [-0.15, -0.1) is 0 Å². The van der Waals surface area contributed by atoms with E-state index in [0.29, 0.717) is 35.4 Å². The number of carbonyl (C=O) groups is 2. The minimum atomic E-state index is -1.38. The van der Waals surface area contributed by atoms with Gasteiger partial charge in [-0.2, -0.15) is 0 Å². The van der Waals surface area contributed by atoms with E-state index in [-0.39, 0.29) is 18.3 Å². The molecule has 0 unspecified atom stereocenters. The van der Waals surface area contributed by atoms with Crippen molar-refractivity contribution < 1.29 is 24.2 Å². The monoisotopic (exact) mass is 373 g/mol. The van der Waals surface area contributed by atoms with Gasteiger partial charge in [-0.1, -0.05) is 20.3 Å². The third-order valence-corrected chi connectivity index (χ3v) is 4.91. The number of amides is 1. The second-order valence-corrected chi connectivity index (χ2v) is 6.54. The molecule has 2 aromatic rings. The number of fused-ring (bicyclic) bond motifs is 2. The maximum Gasteiger partial charge on any atom is 0.257 e. The lowest BCUT2D eigenvalue weighted by Crippen LogP contribution is -2.52. The number of carbonyl (C=O) groups excluding carboxylic acids is 2. The molecule has 0 aliphatic carbocycles. The van der Waals surface area contributed by atoms with E-state index in [9.17, 15) is 19.5 Å². The first-order chi connectivity index (χ1) is 12.9. The summed E-state index contributed by atoms with van der Waals surface area (Å²) in [4.78, 5) is 36.9. The molecule has 0 saturated carbocycles. The summed E-state index contributed by atoms with van der Waals surface area (Å²) in [6, 6.07) is 2.07. The molecule has 2 heterocycles. The number of nitrogens with one attached hydrogen (secondary N) is 1. The van der Waals surface area contributed by atoms with Crippen molar-refractivity contribution in [3.63, 3.8) is 0 Å². The summed E-state index contributed by atoms with van der Waals surface area (Å²) in [6.07, 6.45) is 1.98. The first-order valence-electron chi connectivity index (χ1n) is 8.85. The Hall–Kier alpha value is -3.03. The van der Waals surface area contributed by atoms with E-state index in [2.05, 4.69) is 5.32 Å². The van der Waals surface area contributed by atoms with Gasteiger partial charge in [0.05, 0.1) is 22.9 Å². The van der Waals surface area contributed by atoms with Crippen molar-refractivity contribution in [1.82, 2.24) is 9.88 Å². The van der Waals surface area contributed by atoms with Gasteiger partial charge in [0.2, 0.25) is 12.2 Å². The first kappa shape index (κ1) is 18.8. The predicted molar refractivity (Wildman–Crippen MR) is 95.7 cm³/mol. The fourth-order valence-corrected chi connectivity index (χ4v) is 3.09. The number of aryl methyl sites for hydroxylation is 1. The van der Waals surface area contributed by atoms with Crippen LogP contribution in [0.2, 0.25) is 0 Å². The number of carboxylic acid groups (broad SMARTS) is 1. The Morgan fingerprint density at radius 2 is 1.93 bits per heavy atom. The Morgan fingerprint density at radius 1 is 1.26 bits per heavy atom. The topological polar surface area (TPSA) is 110 Å². The van der Waals surface area contributed by atoms with E-state index >= 15 is 0 Å². The standard InChI is InChI=1S/C19H22N2O6/c1-4-10(3)16(19(24)25)20-18(23)12-8-21(5-2)13-7-15-14(26-9-27-15)6-11(13)17(12)22/h6-8,10,16H,4-5,9H2,1-3H3,(H,20,23)(H,24,25)/p-1/t10-,16+/m1/s1. The smallest absolute Gasteiger partial charge is 0.257 e. The lowest BCUT2D eigenvalue weighted by atomic mass is 9.99. The van der Waals surface area contributed by atoms with Gasteiger partial charge in [0, 0.05) is 18.8 Å². The lowest BCUT2D eigenvalue weighted by molar-refractivity contribution is -0.309. The molecule has 3 rings (SSSR count). The molecule has 0 bridgehead atoms. The van der Waals surface area contributed by atoms with E-state index in [0.717, 1.165) is 0 Å². The highest BCUT2D eigenvalue weighted by atomic mass is 16.7. The fraction of sp³-hybridized carbons (Fsp3) is 0.421. The molecular weight excluding hydrogens is 352 g/mol. The van der Waals surface area contributed by atoms with Crippen molar-refractivity contribution in [1.29, 1.82) is 0 Å². The van der Waals surface area contributed by atoms with Crippen LogP contribution in [0.1, 0.15) is 37.6 Å². The molecule has 2 atom stereocenters. The second kappa shape index (κ2) is 7.30. The van der Waals surface area contributed by atoms with Crippen LogP contribution in [0.5, 0.6) is 11.5 Å². The van der Waals surface area contributed by atoms with Crippen molar-refractivity contribution in [2.75, 3.05) is 6.79 Å². The van der Waals surface area contributed by atoms with Gasteiger partial charge in [-0.05, 0) is 18.9 Å². The molecule has 1 aliphatic heterocycles. The van der Waals surface area contributed by atoms with E-state index < -0.39 is 23.3 Å². The Bertz CT molecular complexity index is 965. The van der Waals surface area contributed by atoms with Crippen molar-refractivity contribution in [2.45, 2.75) is 39.8 Å². The lowest BCUT2D eigenvalue weighted by Gasteiger charge is -2.25. The van der Waals surface area contributed by atoms with Gasteiger partial charge in [0.1, 0.15) is 5.56 Å². The number of hydrogen-bond acceptors (Lipinski definition) is 6. The van der Waals surface area contributed by atoms with Crippen molar-refractivity contribution >= 4 is 22.8 Å². The van der Waals surface area contributed by atoms with Gasteiger partial charge in [-0.3, -0.25) is 9.59 Å². The molecule has 1 aromatic heterocycles. The molecule has 0 spiro atoms. The maximum atomic E-state index is 12.9. The number of ether oxygens (including phenoxy) is 2. The van der Waals surface area contributed by atoms with Crippen molar-refractivity contribution in [3.05, 3.63) is 34.1 Å². The summed E-state index contributed by atoms with van der Waals surface area (Å²) in [5.74, 6) is -1.47. The average Bonchev–Trinajstić information content (AvgIpc) is 3.11. The number of nitrogens with zero attached hydrogens (tertiary/aromatic N) is 1. The summed E-state index contributed by atoms with van der Waals surface area (Å²) in [5, 5.41) is 14.1. The highest BCUT2D eigenvalue weighted by molar-refractivity contribution is 5.99. The van der Waals surface area contributed by atoms with Crippen LogP contribution in [0.15, 0.2) is 23.1 Å². The molecule has 1 aliphatic rings.